The first-order valence-electron chi connectivity index (χ1n) is 8.53. The number of carbonyl (C=O) groups is 1. The van der Waals surface area contributed by atoms with Crippen molar-refractivity contribution in [1.29, 1.82) is 0 Å². The number of hydrogen-bond acceptors (Lipinski definition) is 4. The molecule has 1 heterocycles. The van der Waals surface area contributed by atoms with E-state index in [0.717, 1.165) is 46.4 Å². The summed E-state index contributed by atoms with van der Waals surface area (Å²) in [6.07, 6.45) is 2.36. The molecule has 0 aliphatic heterocycles. The molecule has 3 rings (SSSR count). The number of methoxy groups -OCH3 is 1. The third-order valence-electron chi connectivity index (χ3n) is 4.59. The number of aromatic nitrogens is 1. The molecule has 5 nitrogen and oxygen atoms in total. The SMILES string of the molecule is CNc1ccc(N(P)CCc2cn(C(=O)OC)c3c(C)cccc23)cc1. The maximum atomic E-state index is 12.1. The van der Waals surface area contributed by atoms with Gasteiger partial charge in [-0.3, -0.25) is 4.57 Å². The summed E-state index contributed by atoms with van der Waals surface area (Å²) in [5, 5.41) is 4.22. The zero-order chi connectivity index (χ0) is 18.7. The van der Waals surface area contributed by atoms with Crippen molar-refractivity contribution in [2.24, 2.45) is 0 Å². The second-order valence-electron chi connectivity index (χ2n) is 6.21. The Hall–Kier alpha value is -2.52. The Bertz CT molecular complexity index is 919. The van der Waals surface area contributed by atoms with Crippen LogP contribution in [0.15, 0.2) is 48.7 Å². The maximum absolute atomic E-state index is 12.1. The molecule has 2 aromatic carbocycles. The van der Waals surface area contributed by atoms with Crippen LogP contribution >= 0.6 is 9.39 Å². The van der Waals surface area contributed by atoms with Gasteiger partial charge in [-0.25, -0.2) is 4.79 Å². The van der Waals surface area contributed by atoms with Gasteiger partial charge in [0, 0.05) is 36.6 Å². The third-order valence-corrected chi connectivity index (χ3v) is 5.15. The summed E-state index contributed by atoms with van der Waals surface area (Å²) in [5.41, 5.74) is 5.33. The molecule has 0 aliphatic rings. The molecular formula is C20H24N3O2P. The maximum Gasteiger partial charge on any atom is 0.418 e. The van der Waals surface area contributed by atoms with Gasteiger partial charge in [0.1, 0.15) is 0 Å². The van der Waals surface area contributed by atoms with Gasteiger partial charge in [0.25, 0.3) is 0 Å². The van der Waals surface area contributed by atoms with Crippen LogP contribution in [-0.4, -0.2) is 31.4 Å². The third kappa shape index (κ3) is 3.54. The van der Waals surface area contributed by atoms with Crippen LogP contribution in [0.3, 0.4) is 0 Å². The molecule has 6 heteroatoms. The van der Waals surface area contributed by atoms with Gasteiger partial charge in [-0.2, -0.15) is 0 Å². The van der Waals surface area contributed by atoms with Crippen LogP contribution in [0.2, 0.25) is 0 Å². The van der Waals surface area contributed by atoms with Crippen molar-refractivity contribution in [3.8, 4) is 0 Å². The van der Waals surface area contributed by atoms with E-state index in [4.69, 9.17) is 4.74 Å². The van der Waals surface area contributed by atoms with Gasteiger partial charge < -0.3 is 14.7 Å². The number of aryl methyl sites for hydroxylation is 1. The van der Waals surface area contributed by atoms with Gasteiger partial charge in [-0.15, -0.1) is 0 Å². The highest BCUT2D eigenvalue weighted by molar-refractivity contribution is 7.19. The zero-order valence-corrected chi connectivity index (χ0v) is 16.5. The number of hydrogen-bond donors (Lipinski definition) is 1. The summed E-state index contributed by atoms with van der Waals surface area (Å²) in [4.78, 5) is 12.1. The van der Waals surface area contributed by atoms with Gasteiger partial charge in [0.2, 0.25) is 0 Å². The second-order valence-corrected chi connectivity index (χ2v) is 6.83. The van der Waals surface area contributed by atoms with E-state index in [9.17, 15) is 4.79 Å². The lowest BCUT2D eigenvalue weighted by Crippen LogP contribution is -2.13. The summed E-state index contributed by atoms with van der Waals surface area (Å²) in [5.74, 6) is 0. The molecule has 0 saturated carbocycles. The number of ether oxygens (including phenoxy) is 1. The molecule has 1 aromatic heterocycles. The summed E-state index contributed by atoms with van der Waals surface area (Å²) in [6, 6.07) is 14.4. The van der Waals surface area contributed by atoms with Crippen molar-refractivity contribution >= 4 is 37.8 Å². The molecular weight excluding hydrogens is 345 g/mol. The molecule has 26 heavy (non-hydrogen) atoms. The van der Waals surface area contributed by atoms with Crippen LogP contribution < -0.4 is 9.99 Å². The van der Waals surface area contributed by atoms with Crippen molar-refractivity contribution in [2.75, 3.05) is 30.7 Å². The molecule has 0 aliphatic carbocycles. The van der Waals surface area contributed by atoms with Crippen LogP contribution in [-0.2, 0) is 11.2 Å². The number of rotatable bonds is 5. The lowest BCUT2D eigenvalue weighted by molar-refractivity contribution is 0.174. The highest BCUT2D eigenvalue weighted by atomic mass is 31.0. The van der Waals surface area contributed by atoms with E-state index in [-0.39, 0.29) is 6.09 Å². The van der Waals surface area contributed by atoms with Crippen LogP contribution in [0.4, 0.5) is 16.2 Å². The first kappa shape index (κ1) is 18.3. The highest BCUT2D eigenvalue weighted by Gasteiger charge is 2.16. The summed E-state index contributed by atoms with van der Waals surface area (Å²) < 4.78 is 8.67. The molecule has 0 radical (unpaired) electrons. The normalized spacial score (nSPS) is 10.8. The van der Waals surface area contributed by atoms with Crippen molar-refractivity contribution < 1.29 is 9.53 Å². The van der Waals surface area contributed by atoms with Gasteiger partial charge in [-0.1, -0.05) is 18.2 Å². The van der Waals surface area contributed by atoms with E-state index in [1.54, 1.807) is 4.57 Å². The van der Waals surface area contributed by atoms with Crippen molar-refractivity contribution in [2.45, 2.75) is 13.3 Å². The van der Waals surface area contributed by atoms with Crippen LogP contribution in [0.5, 0.6) is 0 Å². The number of nitrogens with zero attached hydrogens (tertiary/aromatic N) is 2. The largest absolute Gasteiger partial charge is 0.452 e. The lowest BCUT2D eigenvalue weighted by Gasteiger charge is -2.19. The van der Waals surface area contributed by atoms with E-state index >= 15 is 0 Å². The summed E-state index contributed by atoms with van der Waals surface area (Å²) >= 11 is 0. The number of carbonyl (C=O) groups excluding carboxylic acids is 1. The molecule has 1 unspecified atom stereocenters. The molecule has 1 N–H and O–H groups in total. The average molecular weight is 369 g/mol. The minimum Gasteiger partial charge on any atom is -0.452 e. The van der Waals surface area contributed by atoms with Crippen molar-refractivity contribution in [3.05, 3.63) is 59.8 Å². The molecule has 3 aromatic rings. The Morgan fingerprint density at radius 1 is 1.23 bits per heavy atom. The number of para-hydroxylation sites is 1. The minimum absolute atomic E-state index is 0.360. The van der Waals surface area contributed by atoms with Crippen LogP contribution in [0, 0.1) is 6.92 Å². The van der Waals surface area contributed by atoms with Crippen LogP contribution in [0.1, 0.15) is 11.1 Å². The molecule has 136 valence electrons. The van der Waals surface area contributed by atoms with Crippen LogP contribution in [0.25, 0.3) is 10.9 Å². The number of benzene rings is 2. The first-order valence-corrected chi connectivity index (χ1v) is 9.04. The first-order chi connectivity index (χ1) is 12.5. The Kier molecular flexibility index (Phi) is 5.48. The molecule has 0 saturated heterocycles. The minimum atomic E-state index is -0.360. The van der Waals surface area contributed by atoms with Gasteiger partial charge in [0.05, 0.1) is 12.6 Å². The number of fused-ring (bicyclic) bond motifs is 1. The predicted octanol–water partition coefficient (Wildman–Crippen LogP) is 4.45. The van der Waals surface area contributed by atoms with Gasteiger partial charge >= 0.3 is 6.09 Å². The van der Waals surface area contributed by atoms with E-state index < -0.39 is 0 Å². The number of nitrogens with one attached hydrogen (secondary N) is 1. The van der Waals surface area contributed by atoms with Crippen molar-refractivity contribution in [1.82, 2.24) is 4.57 Å². The predicted molar refractivity (Wildman–Crippen MR) is 111 cm³/mol. The standard InChI is InChI=1S/C20H24N3O2P/c1-14-5-4-6-18-15(13-22(19(14)18)20(24)25-3)11-12-23(26)17-9-7-16(21-2)8-10-17/h4-10,13,21H,11-12,26H2,1-3H3. The Balaban J connectivity index is 1.84. The molecule has 0 amide bonds. The monoisotopic (exact) mass is 369 g/mol. The quantitative estimate of drug-likeness (QED) is 0.675. The van der Waals surface area contributed by atoms with Crippen molar-refractivity contribution in [3.63, 3.8) is 0 Å². The number of anilines is 2. The van der Waals surface area contributed by atoms with Gasteiger partial charge in [0.15, 0.2) is 0 Å². The summed E-state index contributed by atoms with van der Waals surface area (Å²) in [7, 11) is 6.09. The second kappa shape index (κ2) is 7.79. The fourth-order valence-electron chi connectivity index (χ4n) is 3.16. The smallest absolute Gasteiger partial charge is 0.418 e. The Morgan fingerprint density at radius 2 is 1.96 bits per heavy atom. The highest BCUT2D eigenvalue weighted by Crippen LogP contribution is 2.27. The fourth-order valence-corrected chi connectivity index (χ4v) is 3.46. The Morgan fingerprint density at radius 3 is 2.62 bits per heavy atom. The van der Waals surface area contributed by atoms with E-state index in [1.807, 2.05) is 32.3 Å². The van der Waals surface area contributed by atoms with E-state index in [2.05, 4.69) is 49.7 Å². The lowest BCUT2D eigenvalue weighted by atomic mass is 10.1. The molecule has 1 atom stereocenters. The Labute approximate surface area is 156 Å². The zero-order valence-electron chi connectivity index (χ0n) is 15.3. The van der Waals surface area contributed by atoms with Gasteiger partial charge in [-0.05, 0) is 58.1 Å². The summed E-state index contributed by atoms with van der Waals surface area (Å²) in [6.45, 7) is 2.83. The fraction of sp³-hybridized carbons (Fsp3) is 0.250. The average Bonchev–Trinajstić information content (AvgIpc) is 3.05. The van der Waals surface area contributed by atoms with E-state index in [0.29, 0.717) is 0 Å². The molecule has 0 fully saturated rings. The van der Waals surface area contributed by atoms with E-state index in [1.165, 1.54) is 7.11 Å². The topological polar surface area (TPSA) is 46.5 Å². The molecule has 0 bridgehead atoms. The molecule has 0 spiro atoms.